The Kier molecular flexibility index (Phi) is 7.63. The maximum absolute atomic E-state index is 13.6. The van der Waals surface area contributed by atoms with Crippen LogP contribution in [0.25, 0.3) is 0 Å². The van der Waals surface area contributed by atoms with Gasteiger partial charge in [0.25, 0.3) is 0 Å². The number of anilines is 1. The average molecular weight is 511 g/mol. The van der Waals surface area contributed by atoms with Crippen LogP contribution in [0.2, 0.25) is 0 Å². The van der Waals surface area contributed by atoms with Gasteiger partial charge < -0.3 is 14.5 Å². The Morgan fingerprint density at radius 2 is 1.68 bits per heavy atom. The molecule has 0 fully saturated rings. The van der Waals surface area contributed by atoms with Crippen LogP contribution in [0.3, 0.4) is 0 Å². The number of amides is 1. The predicted molar refractivity (Wildman–Crippen MR) is 146 cm³/mol. The highest BCUT2D eigenvalue weighted by Gasteiger charge is 2.31. The minimum atomic E-state index is -0.339. The van der Waals surface area contributed by atoms with Crippen molar-refractivity contribution >= 4 is 11.9 Å². The van der Waals surface area contributed by atoms with E-state index in [9.17, 15) is 9.18 Å². The molecule has 5 rings (SSSR count). The summed E-state index contributed by atoms with van der Waals surface area (Å²) in [5.41, 5.74) is 3.81. The number of nitrogens with zero attached hydrogens (tertiary/aromatic N) is 4. The Bertz CT molecular complexity index is 1380. The van der Waals surface area contributed by atoms with Crippen molar-refractivity contribution in [3.05, 3.63) is 113 Å². The van der Waals surface area contributed by atoms with Gasteiger partial charge in [-0.15, -0.1) is 0 Å². The van der Waals surface area contributed by atoms with E-state index in [1.54, 1.807) is 12.1 Å². The number of aromatic nitrogens is 2. The third kappa shape index (κ3) is 5.67. The summed E-state index contributed by atoms with van der Waals surface area (Å²) >= 11 is 0. The van der Waals surface area contributed by atoms with E-state index in [0.717, 1.165) is 22.4 Å². The van der Waals surface area contributed by atoms with Gasteiger partial charge >= 0.3 is 0 Å². The van der Waals surface area contributed by atoms with Crippen LogP contribution in [-0.2, 0) is 24.3 Å². The van der Waals surface area contributed by atoms with E-state index in [2.05, 4.69) is 12.1 Å². The van der Waals surface area contributed by atoms with E-state index in [1.807, 2.05) is 72.3 Å². The first-order chi connectivity index (χ1) is 18.5. The highest BCUT2D eigenvalue weighted by molar-refractivity contribution is 5.84. The van der Waals surface area contributed by atoms with Crippen LogP contribution in [0.15, 0.2) is 84.9 Å². The monoisotopic (exact) mass is 510 g/mol. The van der Waals surface area contributed by atoms with Crippen molar-refractivity contribution in [2.75, 3.05) is 18.5 Å². The van der Waals surface area contributed by atoms with Gasteiger partial charge in [0.2, 0.25) is 17.7 Å². The summed E-state index contributed by atoms with van der Waals surface area (Å²) in [6, 6.07) is 25.9. The molecule has 0 radical (unpaired) electrons. The smallest absolute Gasteiger partial charge is 0.230 e. The van der Waals surface area contributed by atoms with Gasteiger partial charge in [0.1, 0.15) is 11.6 Å². The molecule has 1 aliphatic heterocycles. The molecule has 4 aromatic rings. The zero-order chi connectivity index (χ0) is 26.5. The second-order valence-electron chi connectivity index (χ2n) is 9.53. The van der Waals surface area contributed by atoms with Gasteiger partial charge in [-0.1, -0.05) is 67.6 Å². The molecule has 1 amide bonds. The topological polar surface area (TPSA) is 58.6 Å². The minimum absolute atomic E-state index is 0.0855. The van der Waals surface area contributed by atoms with Gasteiger partial charge in [0.15, 0.2) is 0 Å². The zero-order valence-corrected chi connectivity index (χ0v) is 21.7. The van der Waals surface area contributed by atoms with Crippen molar-refractivity contribution in [3.8, 4) is 11.6 Å². The highest BCUT2D eigenvalue weighted by Crippen LogP contribution is 2.33. The molecular formula is C31H31FN4O2. The first kappa shape index (κ1) is 25.4. The lowest BCUT2D eigenvalue weighted by molar-refractivity contribution is -0.133. The van der Waals surface area contributed by atoms with Crippen LogP contribution >= 0.6 is 0 Å². The lowest BCUT2D eigenvalue weighted by Gasteiger charge is -2.32. The van der Waals surface area contributed by atoms with Crippen LogP contribution in [0.5, 0.6) is 11.6 Å². The molecule has 3 aromatic carbocycles. The fourth-order valence-corrected chi connectivity index (χ4v) is 4.82. The molecule has 1 aliphatic rings. The van der Waals surface area contributed by atoms with Crippen LogP contribution in [0.1, 0.15) is 41.6 Å². The standard InChI is InChI=1S/C31H31FN4O2/c1-3-26(23-12-8-5-9-13-23)30(37)36-19-18-28-27(21-36)29(38-25-16-14-24(32)15-17-25)34-31(33-28)35(2)20-22-10-6-4-7-11-22/h4-17,26H,3,18-21H2,1-2H3/t26-/m0/s1. The Hall–Kier alpha value is -4.26. The molecule has 194 valence electrons. The van der Waals surface area contributed by atoms with Crippen LogP contribution in [0, 0.1) is 5.82 Å². The molecule has 0 saturated carbocycles. The van der Waals surface area contributed by atoms with Crippen molar-refractivity contribution in [3.63, 3.8) is 0 Å². The summed E-state index contributed by atoms with van der Waals surface area (Å²) in [5, 5.41) is 0. The quantitative estimate of drug-likeness (QED) is 0.286. The second-order valence-corrected chi connectivity index (χ2v) is 9.53. The highest BCUT2D eigenvalue weighted by atomic mass is 19.1. The predicted octanol–water partition coefficient (Wildman–Crippen LogP) is 6.12. The number of fused-ring (bicyclic) bond motifs is 1. The average Bonchev–Trinajstić information content (AvgIpc) is 2.95. The van der Waals surface area contributed by atoms with Gasteiger partial charge in [0, 0.05) is 26.6 Å². The molecular weight excluding hydrogens is 479 g/mol. The van der Waals surface area contributed by atoms with Crippen molar-refractivity contribution in [1.82, 2.24) is 14.9 Å². The largest absolute Gasteiger partial charge is 0.438 e. The van der Waals surface area contributed by atoms with Crippen molar-refractivity contribution in [1.29, 1.82) is 0 Å². The fraction of sp³-hybridized carbons (Fsp3) is 0.258. The van der Waals surface area contributed by atoms with Crippen LogP contribution < -0.4 is 9.64 Å². The Balaban J connectivity index is 1.46. The number of carbonyl (C=O) groups excluding carboxylic acids is 1. The third-order valence-electron chi connectivity index (χ3n) is 6.86. The minimum Gasteiger partial charge on any atom is -0.438 e. The van der Waals surface area contributed by atoms with E-state index < -0.39 is 0 Å². The lowest BCUT2D eigenvalue weighted by Crippen LogP contribution is -2.39. The number of hydrogen-bond donors (Lipinski definition) is 0. The van der Waals surface area contributed by atoms with E-state index in [1.165, 1.54) is 12.1 Å². The maximum Gasteiger partial charge on any atom is 0.230 e. The number of hydrogen-bond acceptors (Lipinski definition) is 5. The molecule has 2 heterocycles. The number of ether oxygens (including phenoxy) is 1. The van der Waals surface area contributed by atoms with E-state index in [0.29, 0.717) is 50.1 Å². The maximum atomic E-state index is 13.6. The van der Waals surface area contributed by atoms with E-state index in [-0.39, 0.29) is 17.6 Å². The van der Waals surface area contributed by atoms with Crippen LogP contribution in [-0.4, -0.2) is 34.4 Å². The molecule has 1 atom stereocenters. The lowest BCUT2D eigenvalue weighted by atomic mass is 9.94. The second kappa shape index (κ2) is 11.4. The molecule has 38 heavy (non-hydrogen) atoms. The molecule has 0 unspecified atom stereocenters. The molecule has 7 heteroatoms. The Morgan fingerprint density at radius 3 is 2.37 bits per heavy atom. The SMILES string of the molecule is CC[C@H](C(=O)N1CCc2nc(N(C)Cc3ccccc3)nc(Oc3ccc(F)cc3)c2C1)c1ccccc1. The van der Waals surface area contributed by atoms with Gasteiger partial charge in [0.05, 0.1) is 23.7 Å². The molecule has 0 spiro atoms. The normalized spacial score (nSPS) is 13.5. The van der Waals surface area contributed by atoms with E-state index >= 15 is 0 Å². The van der Waals surface area contributed by atoms with Gasteiger partial charge in [-0.3, -0.25) is 4.79 Å². The number of benzene rings is 3. The Labute approximate surface area is 222 Å². The summed E-state index contributed by atoms with van der Waals surface area (Å²) in [7, 11) is 1.95. The van der Waals surface area contributed by atoms with Crippen molar-refractivity contribution in [2.45, 2.75) is 38.8 Å². The molecule has 6 nitrogen and oxygen atoms in total. The number of carbonyl (C=O) groups is 1. The Morgan fingerprint density at radius 1 is 1.00 bits per heavy atom. The number of rotatable bonds is 8. The zero-order valence-electron chi connectivity index (χ0n) is 21.7. The molecule has 0 N–H and O–H groups in total. The van der Waals surface area contributed by atoms with Crippen molar-refractivity contribution < 1.29 is 13.9 Å². The summed E-state index contributed by atoms with van der Waals surface area (Å²) in [6.45, 7) is 3.60. The fourth-order valence-electron chi connectivity index (χ4n) is 4.82. The number of halogens is 1. The summed E-state index contributed by atoms with van der Waals surface area (Å²) < 4.78 is 19.7. The van der Waals surface area contributed by atoms with Crippen LogP contribution in [0.4, 0.5) is 10.3 Å². The molecule has 1 aromatic heterocycles. The van der Waals surface area contributed by atoms with Crippen molar-refractivity contribution in [2.24, 2.45) is 0 Å². The van der Waals surface area contributed by atoms with E-state index in [4.69, 9.17) is 14.7 Å². The van der Waals surface area contributed by atoms with Gasteiger partial charge in [-0.2, -0.15) is 4.98 Å². The summed E-state index contributed by atoms with van der Waals surface area (Å²) in [6.07, 6.45) is 1.31. The summed E-state index contributed by atoms with van der Waals surface area (Å²) in [5.74, 6) is 0.942. The summed E-state index contributed by atoms with van der Waals surface area (Å²) in [4.78, 5) is 27.1. The first-order valence-electron chi connectivity index (χ1n) is 12.9. The third-order valence-corrected chi connectivity index (χ3v) is 6.86. The van der Waals surface area contributed by atoms with Gasteiger partial charge in [-0.25, -0.2) is 9.37 Å². The molecule has 0 aliphatic carbocycles. The first-order valence-corrected chi connectivity index (χ1v) is 12.9. The molecule has 0 saturated heterocycles. The van der Waals surface area contributed by atoms with Gasteiger partial charge in [-0.05, 0) is 41.8 Å². The molecule has 0 bridgehead atoms.